The van der Waals surface area contributed by atoms with E-state index in [1.165, 1.54) is 6.92 Å². The van der Waals surface area contributed by atoms with Gasteiger partial charge in [0, 0.05) is 0 Å². The zero-order valence-corrected chi connectivity index (χ0v) is 8.30. The van der Waals surface area contributed by atoms with Crippen LogP contribution >= 0.6 is 0 Å². The molecule has 0 saturated heterocycles. The zero-order valence-electron chi connectivity index (χ0n) is 8.30. The third-order valence-corrected chi connectivity index (χ3v) is 1.81. The van der Waals surface area contributed by atoms with Crippen LogP contribution in [0, 0.1) is 11.8 Å². The lowest BCUT2D eigenvalue weighted by atomic mass is 10.1. The number of hydrogen-bond donors (Lipinski definition) is 1. The topological polar surface area (TPSA) is 46.5 Å². The van der Waals surface area contributed by atoms with Crippen molar-refractivity contribution in [2.45, 2.75) is 19.5 Å². The molecule has 0 rings (SSSR count). The number of rotatable bonds is 5. The highest BCUT2D eigenvalue weighted by atomic mass is 19.4. The van der Waals surface area contributed by atoms with Crippen molar-refractivity contribution in [3.05, 3.63) is 0 Å². The Balaban J connectivity index is 4.29. The predicted molar refractivity (Wildman–Crippen MR) is 42.8 cm³/mol. The molecule has 2 unspecified atom stereocenters. The molecule has 16 heavy (non-hydrogen) atoms. The van der Waals surface area contributed by atoms with Crippen LogP contribution in [0.25, 0.3) is 0 Å². The maximum atomic E-state index is 12.0. The molecule has 0 aliphatic carbocycles. The van der Waals surface area contributed by atoms with Crippen molar-refractivity contribution in [2.24, 2.45) is 11.8 Å². The van der Waals surface area contributed by atoms with E-state index >= 15 is 0 Å². The quantitative estimate of drug-likeness (QED) is 0.595. The second-order valence-electron chi connectivity index (χ2n) is 3.20. The molecular weight excluding hydrogens is 239 g/mol. The van der Waals surface area contributed by atoms with Crippen LogP contribution in [0.15, 0.2) is 0 Å². The molecule has 0 aromatic carbocycles. The fraction of sp³-hybridized carbons (Fsp3) is 0.875. The fourth-order valence-electron chi connectivity index (χ4n) is 0.699. The highest BCUT2D eigenvalue weighted by Crippen LogP contribution is 2.31. The van der Waals surface area contributed by atoms with E-state index in [4.69, 9.17) is 5.11 Å². The van der Waals surface area contributed by atoms with Crippen molar-refractivity contribution in [2.75, 3.05) is 13.2 Å². The van der Waals surface area contributed by atoms with E-state index in [1.807, 2.05) is 0 Å². The Morgan fingerprint density at radius 1 is 1.38 bits per heavy atom. The summed E-state index contributed by atoms with van der Waals surface area (Å²) < 4.78 is 63.9. The number of hydrogen-bond acceptors (Lipinski definition) is 3. The van der Waals surface area contributed by atoms with E-state index in [0.29, 0.717) is 0 Å². The molecule has 1 N–H and O–H groups in total. The number of carbonyl (C=O) groups is 1. The summed E-state index contributed by atoms with van der Waals surface area (Å²) in [6.07, 6.45) is -8.78. The molecule has 0 aromatic rings. The molecule has 0 heterocycles. The lowest BCUT2D eigenvalue weighted by Gasteiger charge is -2.19. The molecule has 0 aliphatic rings. The van der Waals surface area contributed by atoms with Crippen LogP contribution in [0.4, 0.5) is 22.0 Å². The van der Waals surface area contributed by atoms with Gasteiger partial charge in [0.25, 0.3) is 6.43 Å². The molecule has 0 saturated carbocycles. The molecule has 0 aliphatic heterocycles. The Kier molecular flexibility index (Phi) is 5.63. The molecule has 0 bridgehead atoms. The van der Waals surface area contributed by atoms with Gasteiger partial charge in [0.1, 0.15) is 12.5 Å². The molecular formula is C8H11F5O3. The van der Waals surface area contributed by atoms with Crippen LogP contribution in [0.3, 0.4) is 0 Å². The van der Waals surface area contributed by atoms with Crippen LogP contribution in [-0.2, 0) is 9.53 Å². The SMILES string of the molecule is CC(CO)C(=O)OCC(C(F)F)C(F)(F)F. The van der Waals surface area contributed by atoms with E-state index in [0.717, 1.165) is 0 Å². The van der Waals surface area contributed by atoms with E-state index in [2.05, 4.69) is 4.74 Å². The zero-order chi connectivity index (χ0) is 12.9. The number of ether oxygens (including phenoxy) is 1. The summed E-state index contributed by atoms with van der Waals surface area (Å²) in [6.45, 7) is -0.859. The Labute approximate surface area is 88.2 Å². The van der Waals surface area contributed by atoms with Gasteiger partial charge >= 0.3 is 12.1 Å². The van der Waals surface area contributed by atoms with Gasteiger partial charge in [0.2, 0.25) is 0 Å². The summed E-state index contributed by atoms with van der Waals surface area (Å²) in [5.41, 5.74) is 0. The minimum atomic E-state index is -5.13. The average molecular weight is 250 g/mol. The Morgan fingerprint density at radius 3 is 2.19 bits per heavy atom. The molecule has 8 heteroatoms. The number of aliphatic hydroxyl groups is 1. The second kappa shape index (κ2) is 5.97. The second-order valence-corrected chi connectivity index (χ2v) is 3.20. The summed E-state index contributed by atoms with van der Waals surface area (Å²) in [5.74, 6) is -5.17. The third kappa shape index (κ3) is 4.73. The van der Waals surface area contributed by atoms with Crippen molar-refractivity contribution >= 4 is 5.97 Å². The van der Waals surface area contributed by atoms with Crippen LogP contribution in [0.5, 0.6) is 0 Å². The van der Waals surface area contributed by atoms with Gasteiger partial charge in [-0.15, -0.1) is 0 Å². The largest absolute Gasteiger partial charge is 0.465 e. The first-order chi connectivity index (χ1) is 7.20. The number of alkyl halides is 5. The maximum absolute atomic E-state index is 12.0. The minimum absolute atomic E-state index is 0.621. The van der Waals surface area contributed by atoms with Crippen molar-refractivity contribution < 1.29 is 36.6 Å². The van der Waals surface area contributed by atoms with Gasteiger partial charge in [-0.3, -0.25) is 4.79 Å². The van der Waals surface area contributed by atoms with Gasteiger partial charge in [-0.05, 0) is 6.92 Å². The molecule has 0 amide bonds. The Bertz CT molecular complexity index is 228. The number of carbonyl (C=O) groups excluding carboxylic acids is 1. The smallest absolute Gasteiger partial charge is 0.400 e. The first-order valence-electron chi connectivity index (χ1n) is 4.32. The monoisotopic (exact) mass is 250 g/mol. The minimum Gasteiger partial charge on any atom is -0.465 e. The first kappa shape index (κ1) is 15.1. The highest BCUT2D eigenvalue weighted by Gasteiger charge is 2.46. The predicted octanol–water partition coefficient (Wildman–Crippen LogP) is 1.60. The molecule has 0 radical (unpaired) electrons. The number of esters is 1. The average Bonchev–Trinajstić information content (AvgIpc) is 2.13. The van der Waals surface area contributed by atoms with Gasteiger partial charge in [0.05, 0.1) is 12.5 Å². The van der Waals surface area contributed by atoms with Crippen LogP contribution < -0.4 is 0 Å². The van der Waals surface area contributed by atoms with Gasteiger partial charge in [-0.1, -0.05) is 0 Å². The molecule has 0 spiro atoms. The van der Waals surface area contributed by atoms with Gasteiger partial charge in [-0.25, -0.2) is 8.78 Å². The van der Waals surface area contributed by atoms with Gasteiger partial charge in [-0.2, -0.15) is 13.2 Å². The van der Waals surface area contributed by atoms with Crippen LogP contribution in [0.2, 0.25) is 0 Å². The van der Waals surface area contributed by atoms with E-state index in [-0.39, 0.29) is 0 Å². The fourth-order valence-corrected chi connectivity index (χ4v) is 0.699. The molecule has 0 aromatic heterocycles. The van der Waals surface area contributed by atoms with Crippen molar-refractivity contribution in [1.82, 2.24) is 0 Å². The summed E-state index contributed by atoms with van der Waals surface area (Å²) in [6, 6.07) is 0. The third-order valence-electron chi connectivity index (χ3n) is 1.81. The lowest BCUT2D eigenvalue weighted by molar-refractivity contribution is -0.220. The molecule has 2 atom stereocenters. The van der Waals surface area contributed by atoms with E-state index in [1.54, 1.807) is 0 Å². The number of halogens is 5. The van der Waals surface area contributed by atoms with E-state index in [9.17, 15) is 26.7 Å². The van der Waals surface area contributed by atoms with Crippen molar-refractivity contribution in [3.63, 3.8) is 0 Å². The maximum Gasteiger partial charge on any atom is 0.400 e. The van der Waals surface area contributed by atoms with Crippen LogP contribution in [-0.4, -0.2) is 36.9 Å². The van der Waals surface area contributed by atoms with E-state index < -0.39 is 43.6 Å². The lowest BCUT2D eigenvalue weighted by Crippen LogP contribution is -2.35. The normalized spacial score (nSPS) is 16.0. The molecule has 96 valence electrons. The molecule has 0 fully saturated rings. The van der Waals surface area contributed by atoms with Gasteiger partial charge < -0.3 is 9.84 Å². The summed E-state index contributed by atoms with van der Waals surface area (Å²) in [4.78, 5) is 10.8. The first-order valence-corrected chi connectivity index (χ1v) is 4.32. The Hall–Kier alpha value is -0.920. The van der Waals surface area contributed by atoms with Crippen molar-refractivity contribution in [1.29, 1.82) is 0 Å². The standard InChI is InChI=1S/C8H11F5O3/c1-4(2-14)7(15)16-3-5(6(9)10)8(11,12)13/h4-6,14H,2-3H2,1H3. The highest BCUT2D eigenvalue weighted by molar-refractivity contribution is 5.72. The summed E-state index contributed by atoms with van der Waals surface area (Å²) in [7, 11) is 0. The van der Waals surface area contributed by atoms with Gasteiger partial charge in [0.15, 0.2) is 0 Å². The molecule has 3 nitrogen and oxygen atoms in total. The number of aliphatic hydroxyl groups excluding tert-OH is 1. The van der Waals surface area contributed by atoms with Crippen molar-refractivity contribution in [3.8, 4) is 0 Å². The summed E-state index contributed by atoms with van der Waals surface area (Å²) >= 11 is 0. The van der Waals surface area contributed by atoms with Crippen LogP contribution in [0.1, 0.15) is 6.92 Å². The summed E-state index contributed by atoms with van der Waals surface area (Å²) in [5, 5.41) is 8.47. The Morgan fingerprint density at radius 2 is 1.88 bits per heavy atom.